The molecule has 0 saturated carbocycles. The van der Waals surface area contributed by atoms with Crippen molar-refractivity contribution in [2.45, 2.75) is 32.2 Å². The van der Waals surface area contributed by atoms with Crippen molar-refractivity contribution in [3.8, 4) is 0 Å². The molecule has 0 saturated heterocycles. The summed E-state index contributed by atoms with van der Waals surface area (Å²) in [4.78, 5) is 32.2. The fraction of sp³-hybridized carbons (Fsp3) is 0.217. The molecule has 0 spiro atoms. The molecule has 36 heavy (non-hydrogen) atoms. The van der Waals surface area contributed by atoms with Crippen LogP contribution in [0.15, 0.2) is 54.6 Å². The number of benzene rings is 2. The fourth-order valence-corrected chi connectivity index (χ4v) is 2.90. The Morgan fingerprint density at radius 3 is 1.50 bits per heavy atom. The second kappa shape index (κ2) is 10.7. The Morgan fingerprint density at radius 1 is 0.722 bits per heavy atom. The zero-order valence-electron chi connectivity index (χ0n) is 18.1. The number of carbonyl (C=O) groups excluding carboxylic acids is 2. The number of esters is 2. The summed E-state index contributed by atoms with van der Waals surface area (Å²) in [5.41, 5.74) is -2.79. The maximum atomic E-state index is 12.8. The highest BCUT2D eigenvalue weighted by atomic mass is 19.4. The van der Waals surface area contributed by atoms with Crippen molar-refractivity contribution >= 4 is 11.9 Å². The van der Waals surface area contributed by atoms with Crippen LogP contribution in [0.5, 0.6) is 0 Å². The van der Waals surface area contributed by atoms with E-state index in [2.05, 4.69) is 9.97 Å². The number of alkyl halides is 6. The van der Waals surface area contributed by atoms with E-state index in [-0.39, 0.29) is 17.0 Å². The highest BCUT2D eigenvalue weighted by Crippen LogP contribution is 2.30. The van der Waals surface area contributed by atoms with Gasteiger partial charge in [-0.15, -0.1) is 0 Å². The molecule has 0 unspecified atom stereocenters. The standard InChI is InChI=1S/C23H16F6N2O5/c24-22(25,26)15-5-1-3-13(7-15)11-35-20(33)17-9-18(31-19(10-32)30-17)21(34)36-12-14-4-2-6-16(8-14)23(27,28)29/h1-9,32H,10-12H2. The Morgan fingerprint density at radius 2 is 1.14 bits per heavy atom. The topological polar surface area (TPSA) is 98.6 Å². The predicted octanol–water partition coefficient (Wildman–Crippen LogP) is 4.72. The van der Waals surface area contributed by atoms with Crippen LogP contribution in [0.4, 0.5) is 26.3 Å². The molecule has 7 nitrogen and oxygen atoms in total. The van der Waals surface area contributed by atoms with E-state index in [0.29, 0.717) is 0 Å². The molecule has 0 bridgehead atoms. The molecule has 0 aliphatic rings. The molecular weight excluding hydrogens is 498 g/mol. The van der Waals surface area contributed by atoms with Crippen molar-refractivity contribution in [3.63, 3.8) is 0 Å². The number of aromatic nitrogens is 2. The van der Waals surface area contributed by atoms with Crippen LogP contribution in [-0.4, -0.2) is 27.0 Å². The van der Waals surface area contributed by atoms with Gasteiger partial charge in [0.2, 0.25) is 0 Å². The Labute approximate surface area is 199 Å². The number of aliphatic hydroxyl groups excluding tert-OH is 1. The lowest BCUT2D eigenvalue weighted by molar-refractivity contribution is -0.138. The Hall–Kier alpha value is -4.00. The van der Waals surface area contributed by atoms with Crippen molar-refractivity contribution in [1.29, 1.82) is 0 Å². The predicted molar refractivity (Wildman–Crippen MR) is 109 cm³/mol. The zero-order valence-corrected chi connectivity index (χ0v) is 18.1. The second-order valence-electron chi connectivity index (χ2n) is 7.26. The molecule has 1 heterocycles. The van der Waals surface area contributed by atoms with E-state index in [1.807, 2.05) is 0 Å². The Bertz CT molecular complexity index is 1170. The Balaban J connectivity index is 1.71. The molecule has 0 amide bonds. The minimum Gasteiger partial charge on any atom is -0.456 e. The normalized spacial score (nSPS) is 11.8. The molecule has 1 aromatic heterocycles. The van der Waals surface area contributed by atoms with Crippen LogP contribution in [0.25, 0.3) is 0 Å². The van der Waals surface area contributed by atoms with Gasteiger partial charge in [-0.05, 0) is 35.4 Å². The lowest BCUT2D eigenvalue weighted by atomic mass is 10.1. The zero-order chi connectivity index (χ0) is 26.5. The molecule has 0 aliphatic carbocycles. The quantitative estimate of drug-likeness (QED) is 0.360. The number of ether oxygens (including phenoxy) is 2. The third kappa shape index (κ3) is 7.01. The number of nitrogens with zero attached hydrogens (tertiary/aromatic N) is 2. The van der Waals surface area contributed by atoms with Gasteiger partial charge in [0.1, 0.15) is 19.8 Å². The van der Waals surface area contributed by atoms with Crippen LogP contribution in [0.1, 0.15) is 49.1 Å². The summed E-state index contributed by atoms with van der Waals surface area (Å²) in [5, 5.41) is 9.34. The number of hydrogen-bond acceptors (Lipinski definition) is 7. The fourth-order valence-electron chi connectivity index (χ4n) is 2.90. The van der Waals surface area contributed by atoms with E-state index in [9.17, 15) is 41.0 Å². The van der Waals surface area contributed by atoms with Crippen LogP contribution in [-0.2, 0) is 41.6 Å². The van der Waals surface area contributed by atoms with E-state index in [0.717, 1.165) is 42.5 Å². The van der Waals surface area contributed by atoms with Gasteiger partial charge in [-0.2, -0.15) is 26.3 Å². The number of halogens is 6. The number of carbonyl (C=O) groups is 2. The Kier molecular flexibility index (Phi) is 7.93. The van der Waals surface area contributed by atoms with Gasteiger partial charge in [0.05, 0.1) is 11.1 Å². The van der Waals surface area contributed by atoms with Crippen LogP contribution in [0.2, 0.25) is 0 Å². The van der Waals surface area contributed by atoms with Gasteiger partial charge >= 0.3 is 24.3 Å². The van der Waals surface area contributed by atoms with E-state index in [4.69, 9.17) is 9.47 Å². The van der Waals surface area contributed by atoms with Gasteiger partial charge in [-0.25, -0.2) is 19.6 Å². The summed E-state index contributed by atoms with van der Waals surface area (Å²) in [7, 11) is 0. The first kappa shape index (κ1) is 26.6. The summed E-state index contributed by atoms with van der Waals surface area (Å²) >= 11 is 0. The minimum absolute atomic E-state index is 0.0373. The first-order chi connectivity index (χ1) is 16.9. The lowest BCUT2D eigenvalue weighted by Crippen LogP contribution is -2.16. The third-order valence-electron chi connectivity index (χ3n) is 4.58. The van der Waals surface area contributed by atoms with Gasteiger partial charge in [-0.3, -0.25) is 0 Å². The number of aliphatic hydroxyl groups is 1. The number of rotatable bonds is 7. The summed E-state index contributed by atoms with van der Waals surface area (Å²) in [6.07, 6.45) is -9.18. The molecule has 1 N–H and O–H groups in total. The molecule has 0 atom stereocenters. The first-order valence-electron chi connectivity index (χ1n) is 10.0. The van der Waals surface area contributed by atoms with Crippen molar-refractivity contribution in [2.75, 3.05) is 0 Å². The van der Waals surface area contributed by atoms with Gasteiger partial charge in [0.25, 0.3) is 0 Å². The first-order valence-corrected chi connectivity index (χ1v) is 10.0. The van der Waals surface area contributed by atoms with E-state index in [1.54, 1.807) is 0 Å². The van der Waals surface area contributed by atoms with Gasteiger partial charge < -0.3 is 14.6 Å². The summed E-state index contributed by atoms with van der Waals surface area (Å²) in [6.45, 7) is -1.88. The molecule has 0 fully saturated rings. The van der Waals surface area contributed by atoms with Crippen LogP contribution < -0.4 is 0 Å². The van der Waals surface area contributed by atoms with Crippen molar-refractivity contribution in [2.24, 2.45) is 0 Å². The van der Waals surface area contributed by atoms with Crippen molar-refractivity contribution in [1.82, 2.24) is 9.97 Å². The van der Waals surface area contributed by atoms with Crippen LogP contribution in [0.3, 0.4) is 0 Å². The minimum atomic E-state index is -4.59. The summed E-state index contributed by atoms with van der Waals surface area (Å²) in [6, 6.07) is 9.03. The highest BCUT2D eigenvalue weighted by molar-refractivity contribution is 5.92. The van der Waals surface area contributed by atoms with E-state index < -0.39 is 66.6 Å². The van der Waals surface area contributed by atoms with Crippen molar-refractivity contribution in [3.05, 3.63) is 94.1 Å². The second-order valence-corrected chi connectivity index (χ2v) is 7.26. The monoisotopic (exact) mass is 514 g/mol. The molecule has 190 valence electrons. The summed E-state index contributed by atoms with van der Waals surface area (Å²) < 4.78 is 86.9. The van der Waals surface area contributed by atoms with Gasteiger partial charge in [0.15, 0.2) is 17.2 Å². The van der Waals surface area contributed by atoms with E-state index >= 15 is 0 Å². The molecular formula is C23H16F6N2O5. The molecule has 0 radical (unpaired) electrons. The average molecular weight is 514 g/mol. The largest absolute Gasteiger partial charge is 0.456 e. The van der Waals surface area contributed by atoms with Gasteiger partial charge in [-0.1, -0.05) is 24.3 Å². The van der Waals surface area contributed by atoms with E-state index in [1.165, 1.54) is 12.1 Å². The maximum absolute atomic E-state index is 12.8. The highest BCUT2D eigenvalue weighted by Gasteiger charge is 2.31. The maximum Gasteiger partial charge on any atom is 0.416 e. The summed E-state index contributed by atoms with van der Waals surface area (Å²) in [5.74, 6) is -2.62. The third-order valence-corrected chi connectivity index (χ3v) is 4.58. The molecule has 13 heteroatoms. The smallest absolute Gasteiger partial charge is 0.416 e. The van der Waals surface area contributed by atoms with Crippen LogP contribution in [0, 0.1) is 0 Å². The average Bonchev–Trinajstić information content (AvgIpc) is 2.84. The number of hydrogen-bond donors (Lipinski definition) is 1. The van der Waals surface area contributed by atoms with Gasteiger partial charge in [0, 0.05) is 6.07 Å². The van der Waals surface area contributed by atoms with Crippen molar-refractivity contribution < 1.29 is 50.5 Å². The SMILES string of the molecule is O=C(OCc1cccc(C(F)(F)F)c1)c1cc(C(=O)OCc2cccc(C(F)(F)F)c2)nc(CO)n1. The molecule has 3 rings (SSSR count). The lowest BCUT2D eigenvalue weighted by Gasteiger charge is -2.11. The van der Waals surface area contributed by atoms with Crippen LogP contribution >= 0.6 is 0 Å². The molecule has 3 aromatic rings. The molecule has 0 aliphatic heterocycles. The molecule has 2 aromatic carbocycles.